The molecule has 0 aliphatic carbocycles. The third-order valence-corrected chi connectivity index (χ3v) is 4.11. The molecule has 0 aromatic heterocycles. The standard InChI is InChI=1S/C20H14O3/c21-20(22)17-12-14-7-2-4-11-18(14)23-19(17)16-10-5-8-13-6-1-3-9-15(13)16/h1-12,19H,(H,21,22). The minimum atomic E-state index is -0.961. The second-order valence-electron chi connectivity index (χ2n) is 5.51. The van der Waals surface area contributed by atoms with Crippen LogP contribution in [0, 0.1) is 0 Å². The number of para-hydroxylation sites is 1. The second kappa shape index (κ2) is 5.29. The number of carbonyl (C=O) groups is 1. The van der Waals surface area contributed by atoms with Gasteiger partial charge in [0.2, 0.25) is 0 Å². The molecule has 0 spiro atoms. The molecule has 1 heterocycles. The van der Waals surface area contributed by atoms with E-state index >= 15 is 0 Å². The Bertz CT molecular complexity index is 935. The summed E-state index contributed by atoms with van der Waals surface area (Å²) in [7, 11) is 0. The van der Waals surface area contributed by atoms with Gasteiger partial charge in [-0.25, -0.2) is 4.79 Å². The van der Waals surface area contributed by atoms with Gasteiger partial charge in [0.15, 0.2) is 6.10 Å². The van der Waals surface area contributed by atoms with Crippen molar-refractivity contribution in [2.45, 2.75) is 6.10 Å². The van der Waals surface area contributed by atoms with Crippen LogP contribution in [0.15, 0.2) is 72.3 Å². The first-order chi connectivity index (χ1) is 11.2. The Morgan fingerprint density at radius 3 is 2.52 bits per heavy atom. The van der Waals surface area contributed by atoms with Crippen LogP contribution in [-0.4, -0.2) is 11.1 Å². The highest BCUT2D eigenvalue weighted by Gasteiger charge is 2.29. The van der Waals surface area contributed by atoms with E-state index in [0.29, 0.717) is 5.75 Å². The molecular weight excluding hydrogens is 288 g/mol. The van der Waals surface area contributed by atoms with Gasteiger partial charge in [-0.05, 0) is 22.9 Å². The summed E-state index contributed by atoms with van der Waals surface area (Å²) in [5, 5.41) is 11.7. The number of carboxylic acids is 1. The molecule has 23 heavy (non-hydrogen) atoms. The molecule has 0 saturated heterocycles. The molecule has 1 aliphatic heterocycles. The Labute approximate surface area is 133 Å². The molecular formula is C20H14O3. The van der Waals surface area contributed by atoms with E-state index in [1.165, 1.54) is 0 Å². The molecule has 1 N–H and O–H groups in total. The Kier molecular flexibility index (Phi) is 3.12. The summed E-state index contributed by atoms with van der Waals surface area (Å²) in [5.41, 5.74) is 1.91. The molecule has 3 nitrogen and oxygen atoms in total. The lowest BCUT2D eigenvalue weighted by molar-refractivity contribution is -0.133. The Hall–Kier alpha value is -3.07. The molecule has 1 unspecified atom stereocenters. The van der Waals surface area contributed by atoms with Crippen molar-refractivity contribution in [1.82, 2.24) is 0 Å². The van der Waals surface area contributed by atoms with Gasteiger partial charge in [-0.3, -0.25) is 0 Å². The molecule has 1 atom stereocenters. The highest BCUT2D eigenvalue weighted by atomic mass is 16.5. The van der Waals surface area contributed by atoms with E-state index in [4.69, 9.17) is 4.74 Å². The SMILES string of the molecule is O=C(O)C1=Cc2ccccc2OC1c1cccc2ccccc12. The number of hydrogen-bond donors (Lipinski definition) is 1. The molecule has 4 rings (SSSR count). The van der Waals surface area contributed by atoms with E-state index in [1.54, 1.807) is 6.08 Å². The fourth-order valence-corrected chi connectivity index (χ4v) is 3.02. The van der Waals surface area contributed by atoms with Crippen molar-refractivity contribution in [2.24, 2.45) is 0 Å². The molecule has 3 aromatic rings. The molecule has 0 bridgehead atoms. The Morgan fingerprint density at radius 2 is 1.65 bits per heavy atom. The van der Waals surface area contributed by atoms with Crippen molar-refractivity contribution in [3.63, 3.8) is 0 Å². The quantitative estimate of drug-likeness (QED) is 0.761. The lowest BCUT2D eigenvalue weighted by Crippen LogP contribution is -2.20. The van der Waals surface area contributed by atoms with Gasteiger partial charge in [0.1, 0.15) is 5.75 Å². The maximum Gasteiger partial charge on any atom is 0.335 e. The minimum Gasteiger partial charge on any atom is -0.480 e. The smallest absolute Gasteiger partial charge is 0.335 e. The maximum atomic E-state index is 11.7. The number of carboxylic acid groups (broad SMARTS) is 1. The normalized spacial score (nSPS) is 16.3. The van der Waals surface area contributed by atoms with E-state index in [-0.39, 0.29) is 5.57 Å². The van der Waals surface area contributed by atoms with Crippen LogP contribution in [0.4, 0.5) is 0 Å². The van der Waals surface area contributed by atoms with Crippen LogP contribution in [-0.2, 0) is 4.79 Å². The number of ether oxygens (including phenoxy) is 1. The average molecular weight is 302 g/mol. The summed E-state index contributed by atoms with van der Waals surface area (Å²) in [6.45, 7) is 0. The van der Waals surface area contributed by atoms with Gasteiger partial charge in [0.05, 0.1) is 5.57 Å². The van der Waals surface area contributed by atoms with Crippen molar-refractivity contribution in [2.75, 3.05) is 0 Å². The van der Waals surface area contributed by atoms with Crippen molar-refractivity contribution in [3.8, 4) is 5.75 Å². The predicted molar refractivity (Wildman–Crippen MR) is 89.4 cm³/mol. The van der Waals surface area contributed by atoms with E-state index in [1.807, 2.05) is 66.7 Å². The number of fused-ring (bicyclic) bond motifs is 2. The van der Waals surface area contributed by atoms with Gasteiger partial charge in [0, 0.05) is 11.1 Å². The first-order valence-corrected chi connectivity index (χ1v) is 7.42. The first-order valence-electron chi connectivity index (χ1n) is 7.42. The zero-order valence-electron chi connectivity index (χ0n) is 12.3. The fraction of sp³-hybridized carbons (Fsp3) is 0.0500. The van der Waals surface area contributed by atoms with Crippen LogP contribution in [0.5, 0.6) is 5.75 Å². The van der Waals surface area contributed by atoms with E-state index in [9.17, 15) is 9.90 Å². The molecule has 0 fully saturated rings. The van der Waals surface area contributed by atoms with Crippen LogP contribution in [0.2, 0.25) is 0 Å². The van der Waals surface area contributed by atoms with Crippen molar-refractivity contribution in [3.05, 3.63) is 83.4 Å². The number of hydrogen-bond acceptors (Lipinski definition) is 2. The molecule has 3 aromatic carbocycles. The van der Waals surface area contributed by atoms with Crippen molar-refractivity contribution < 1.29 is 14.6 Å². The number of benzene rings is 3. The summed E-state index contributed by atoms with van der Waals surface area (Å²) < 4.78 is 6.05. The summed E-state index contributed by atoms with van der Waals surface area (Å²) in [6, 6.07) is 21.3. The highest BCUT2D eigenvalue weighted by molar-refractivity contribution is 5.97. The van der Waals surface area contributed by atoms with E-state index in [0.717, 1.165) is 21.9 Å². The van der Waals surface area contributed by atoms with Gasteiger partial charge >= 0.3 is 5.97 Å². The summed E-state index contributed by atoms with van der Waals surface area (Å²) in [5.74, 6) is -0.257. The van der Waals surface area contributed by atoms with Crippen LogP contribution in [0.3, 0.4) is 0 Å². The van der Waals surface area contributed by atoms with Crippen LogP contribution >= 0.6 is 0 Å². The topological polar surface area (TPSA) is 46.5 Å². The zero-order valence-corrected chi connectivity index (χ0v) is 12.3. The molecule has 0 radical (unpaired) electrons. The largest absolute Gasteiger partial charge is 0.480 e. The fourth-order valence-electron chi connectivity index (χ4n) is 3.02. The summed E-state index contributed by atoms with van der Waals surface area (Å²) in [4.78, 5) is 11.7. The molecule has 112 valence electrons. The number of aliphatic carboxylic acids is 1. The van der Waals surface area contributed by atoms with Crippen LogP contribution < -0.4 is 4.74 Å². The molecule has 0 amide bonds. The van der Waals surface area contributed by atoms with Gasteiger partial charge in [0.25, 0.3) is 0 Å². The van der Waals surface area contributed by atoms with E-state index < -0.39 is 12.1 Å². The van der Waals surface area contributed by atoms with Crippen LogP contribution in [0.25, 0.3) is 16.8 Å². The first kappa shape index (κ1) is 13.6. The highest BCUT2D eigenvalue weighted by Crippen LogP contribution is 2.39. The average Bonchev–Trinajstić information content (AvgIpc) is 2.60. The Morgan fingerprint density at radius 1 is 0.913 bits per heavy atom. The summed E-state index contributed by atoms with van der Waals surface area (Å²) >= 11 is 0. The molecule has 1 aliphatic rings. The van der Waals surface area contributed by atoms with E-state index in [2.05, 4.69) is 0 Å². The predicted octanol–water partition coefficient (Wildman–Crippen LogP) is 4.44. The van der Waals surface area contributed by atoms with Gasteiger partial charge in [-0.1, -0.05) is 60.7 Å². The van der Waals surface area contributed by atoms with Crippen molar-refractivity contribution in [1.29, 1.82) is 0 Å². The molecule has 3 heteroatoms. The van der Waals surface area contributed by atoms with Crippen LogP contribution in [0.1, 0.15) is 17.2 Å². The lowest BCUT2D eigenvalue weighted by Gasteiger charge is -2.26. The third kappa shape index (κ3) is 2.27. The number of rotatable bonds is 2. The zero-order chi connectivity index (χ0) is 15.8. The monoisotopic (exact) mass is 302 g/mol. The second-order valence-corrected chi connectivity index (χ2v) is 5.51. The molecule has 0 saturated carbocycles. The van der Waals surface area contributed by atoms with Gasteiger partial charge < -0.3 is 9.84 Å². The van der Waals surface area contributed by atoms with Crippen molar-refractivity contribution >= 4 is 22.8 Å². The third-order valence-electron chi connectivity index (χ3n) is 4.11. The van der Waals surface area contributed by atoms with Gasteiger partial charge in [-0.2, -0.15) is 0 Å². The lowest BCUT2D eigenvalue weighted by atomic mass is 9.92. The maximum absolute atomic E-state index is 11.7. The Balaban J connectivity index is 1.92. The minimum absolute atomic E-state index is 0.250. The summed E-state index contributed by atoms with van der Waals surface area (Å²) in [6.07, 6.45) is 1.08. The van der Waals surface area contributed by atoms with Gasteiger partial charge in [-0.15, -0.1) is 0 Å².